The molecule has 160 valence electrons. The monoisotopic (exact) mass is 424 g/mol. The highest BCUT2D eigenvalue weighted by atomic mass is 19.4. The van der Waals surface area contributed by atoms with Crippen LogP contribution >= 0.6 is 0 Å². The Morgan fingerprint density at radius 2 is 1.67 bits per heavy atom. The van der Waals surface area contributed by atoms with Crippen molar-refractivity contribution in [2.24, 2.45) is 0 Å². The molecule has 0 aliphatic carbocycles. The number of hydrogen-bond donors (Lipinski definition) is 4. The van der Waals surface area contributed by atoms with Crippen molar-refractivity contribution in [3.63, 3.8) is 0 Å². The number of alkyl halides is 3. The third-order valence-electron chi connectivity index (χ3n) is 5.40. The number of rotatable bonds is 3. The Hall–Kier alpha value is -2.73. The van der Waals surface area contributed by atoms with Crippen LogP contribution in [-0.2, 0) is 16.5 Å². The molecule has 11 heteroatoms. The Morgan fingerprint density at radius 3 is 2.30 bits per heavy atom. The van der Waals surface area contributed by atoms with E-state index in [-0.39, 0.29) is 11.4 Å². The molecule has 1 saturated heterocycles. The molecule has 5 atom stereocenters. The highest BCUT2D eigenvalue weighted by molar-refractivity contribution is 5.86. The fraction of sp³-hybridized carbons (Fsp3) is 0.368. The zero-order chi connectivity index (χ0) is 21.8. The first-order chi connectivity index (χ1) is 14.0. The molecule has 0 radical (unpaired) electrons. The van der Waals surface area contributed by atoms with Gasteiger partial charge in [-0.2, -0.15) is 13.2 Å². The van der Waals surface area contributed by atoms with Crippen molar-refractivity contribution in [1.29, 1.82) is 0 Å². The van der Waals surface area contributed by atoms with Crippen molar-refractivity contribution in [1.82, 2.24) is 14.5 Å². The van der Waals surface area contributed by atoms with Crippen LogP contribution in [0.3, 0.4) is 0 Å². The molecule has 1 aliphatic rings. The second-order valence-corrected chi connectivity index (χ2v) is 7.37. The van der Waals surface area contributed by atoms with Crippen LogP contribution in [0.2, 0.25) is 0 Å². The molecular formula is C19H19F3N4O4. The fourth-order valence-electron chi connectivity index (χ4n) is 3.71. The predicted octanol–water partition coefficient (Wildman–Crippen LogP) is 1.56. The molecular weight excluding hydrogens is 405 g/mol. The average molecular weight is 424 g/mol. The van der Waals surface area contributed by atoms with E-state index in [4.69, 9.17) is 10.5 Å². The van der Waals surface area contributed by atoms with Crippen LogP contribution in [0.5, 0.6) is 0 Å². The standard InChI is InChI=1S/C19H19F3N4O4/c1-18(29,9-2-4-10(5-3-9)19(20,21)22)14-12(27)13(28)17(30-14)26-7-6-11-15(23)24-8-25-16(11)26/h2-8,12-14,17,27-29H,1H3,(H2,23,24,25)/t12-,13+,14-,17+,18?/m0/s1. The van der Waals surface area contributed by atoms with Crippen LogP contribution in [0.4, 0.5) is 19.0 Å². The number of halogens is 3. The van der Waals surface area contributed by atoms with Gasteiger partial charge in [0.05, 0.1) is 10.9 Å². The highest BCUT2D eigenvalue weighted by Gasteiger charge is 2.52. The van der Waals surface area contributed by atoms with E-state index in [1.807, 2.05) is 0 Å². The van der Waals surface area contributed by atoms with Crippen molar-refractivity contribution in [2.75, 3.05) is 5.73 Å². The average Bonchev–Trinajstić information content (AvgIpc) is 3.24. The van der Waals surface area contributed by atoms with Crippen molar-refractivity contribution in [3.05, 3.63) is 54.0 Å². The fourth-order valence-corrected chi connectivity index (χ4v) is 3.71. The van der Waals surface area contributed by atoms with E-state index in [2.05, 4.69) is 9.97 Å². The van der Waals surface area contributed by atoms with E-state index in [1.165, 1.54) is 17.8 Å². The molecule has 0 bridgehead atoms. The van der Waals surface area contributed by atoms with Gasteiger partial charge in [0.25, 0.3) is 0 Å². The molecule has 1 fully saturated rings. The second-order valence-electron chi connectivity index (χ2n) is 7.37. The van der Waals surface area contributed by atoms with Gasteiger partial charge >= 0.3 is 6.18 Å². The molecule has 1 aliphatic heterocycles. The number of nitrogens with two attached hydrogens (primary N) is 1. The lowest BCUT2D eigenvalue weighted by Gasteiger charge is -2.32. The molecule has 0 amide bonds. The van der Waals surface area contributed by atoms with Crippen molar-refractivity contribution < 1.29 is 33.2 Å². The summed E-state index contributed by atoms with van der Waals surface area (Å²) in [7, 11) is 0. The summed E-state index contributed by atoms with van der Waals surface area (Å²) in [5.41, 5.74) is 3.49. The zero-order valence-electron chi connectivity index (χ0n) is 15.7. The summed E-state index contributed by atoms with van der Waals surface area (Å²) in [4.78, 5) is 7.99. The summed E-state index contributed by atoms with van der Waals surface area (Å²) in [5, 5.41) is 32.6. The van der Waals surface area contributed by atoms with Gasteiger partial charge in [-0.25, -0.2) is 9.97 Å². The topological polar surface area (TPSA) is 127 Å². The summed E-state index contributed by atoms with van der Waals surface area (Å²) in [6.45, 7) is 1.30. The zero-order valence-corrected chi connectivity index (χ0v) is 15.7. The number of nitrogens with zero attached hydrogens (tertiary/aromatic N) is 3. The molecule has 1 unspecified atom stereocenters. The third-order valence-corrected chi connectivity index (χ3v) is 5.40. The Bertz CT molecular complexity index is 1070. The minimum Gasteiger partial charge on any atom is -0.387 e. The molecule has 4 rings (SSSR count). The summed E-state index contributed by atoms with van der Waals surface area (Å²) in [6, 6.07) is 5.50. The van der Waals surface area contributed by atoms with Gasteiger partial charge in [0, 0.05) is 6.20 Å². The van der Waals surface area contributed by atoms with Crippen LogP contribution < -0.4 is 5.73 Å². The van der Waals surface area contributed by atoms with Crippen molar-refractivity contribution in [3.8, 4) is 0 Å². The van der Waals surface area contributed by atoms with Crippen LogP contribution in [0.15, 0.2) is 42.9 Å². The highest BCUT2D eigenvalue weighted by Crippen LogP contribution is 2.41. The second kappa shape index (κ2) is 6.91. The summed E-state index contributed by atoms with van der Waals surface area (Å²) >= 11 is 0. The molecule has 0 saturated carbocycles. The van der Waals surface area contributed by atoms with Gasteiger partial charge in [-0.3, -0.25) is 0 Å². The number of aliphatic hydroxyl groups is 3. The van der Waals surface area contributed by atoms with Gasteiger partial charge in [-0.05, 0) is 30.7 Å². The first-order valence-corrected chi connectivity index (χ1v) is 9.00. The molecule has 3 aromatic rings. The van der Waals surface area contributed by atoms with Gasteiger partial charge in [-0.15, -0.1) is 0 Å². The lowest BCUT2D eigenvalue weighted by atomic mass is 9.86. The molecule has 0 spiro atoms. The largest absolute Gasteiger partial charge is 0.416 e. The van der Waals surface area contributed by atoms with E-state index < -0.39 is 41.9 Å². The van der Waals surface area contributed by atoms with E-state index in [9.17, 15) is 28.5 Å². The van der Waals surface area contributed by atoms with Crippen molar-refractivity contribution >= 4 is 16.9 Å². The van der Waals surface area contributed by atoms with Crippen LogP contribution in [0.25, 0.3) is 11.0 Å². The van der Waals surface area contributed by atoms with E-state index in [1.54, 1.807) is 12.3 Å². The van der Waals surface area contributed by atoms with E-state index in [0.29, 0.717) is 11.0 Å². The van der Waals surface area contributed by atoms with Crippen LogP contribution in [0.1, 0.15) is 24.3 Å². The number of aromatic nitrogens is 3. The number of fused-ring (bicyclic) bond motifs is 1. The molecule has 30 heavy (non-hydrogen) atoms. The minimum atomic E-state index is -4.52. The SMILES string of the molecule is CC(O)(c1ccc(C(F)(F)F)cc1)[C@H]1O[C@@H](n2ccc3c(N)ncnc32)[C@H](O)[C@@H]1O. The summed E-state index contributed by atoms with van der Waals surface area (Å²) in [5.74, 6) is 0.222. The molecule has 8 nitrogen and oxygen atoms in total. The smallest absolute Gasteiger partial charge is 0.387 e. The first kappa shape index (κ1) is 20.5. The summed E-state index contributed by atoms with van der Waals surface area (Å²) < 4.78 is 45.7. The first-order valence-electron chi connectivity index (χ1n) is 9.00. The molecule has 2 aromatic heterocycles. The Balaban J connectivity index is 1.66. The number of hydrogen-bond acceptors (Lipinski definition) is 7. The predicted molar refractivity (Wildman–Crippen MR) is 98.9 cm³/mol. The molecule has 1 aromatic carbocycles. The Kier molecular flexibility index (Phi) is 4.73. The van der Waals surface area contributed by atoms with Gasteiger partial charge in [0.15, 0.2) is 6.23 Å². The Labute approximate surface area is 168 Å². The van der Waals surface area contributed by atoms with Gasteiger partial charge in [0.1, 0.15) is 41.7 Å². The lowest BCUT2D eigenvalue weighted by Crippen LogP contribution is -2.45. The normalized spacial score (nSPS) is 26.8. The molecule has 3 heterocycles. The Morgan fingerprint density at radius 1 is 1.03 bits per heavy atom. The number of anilines is 1. The number of ether oxygens (including phenoxy) is 1. The maximum Gasteiger partial charge on any atom is 0.416 e. The number of nitrogen functional groups attached to an aromatic ring is 1. The van der Waals surface area contributed by atoms with Crippen LogP contribution in [0, 0.1) is 0 Å². The molecule has 5 N–H and O–H groups in total. The number of benzene rings is 1. The number of aliphatic hydroxyl groups excluding tert-OH is 2. The minimum absolute atomic E-state index is 0.0938. The lowest BCUT2D eigenvalue weighted by molar-refractivity contribution is -0.139. The van der Waals surface area contributed by atoms with Gasteiger partial charge in [-0.1, -0.05) is 12.1 Å². The summed E-state index contributed by atoms with van der Waals surface area (Å²) in [6.07, 6.45) is -7.14. The van der Waals surface area contributed by atoms with Crippen molar-refractivity contribution in [2.45, 2.75) is 43.2 Å². The van der Waals surface area contributed by atoms with E-state index >= 15 is 0 Å². The quantitative estimate of drug-likeness (QED) is 0.503. The van der Waals surface area contributed by atoms with Crippen LogP contribution in [-0.4, -0.2) is 48.2 Å². The maximum absolute atomic E-state index is 12.8. The van der Waals surface area contributed by atoms with Gasteiger partial charge in [0.2, 0.25) is 0 Å². The van der Waals surface area contributed by atoms with Gasteiger partial charge < -0.3 is 30.4 Å². The maximum atomic E-state index is 12.8. The van der Waals surface area contributed by atoms with E-state index in [0.717, 1.165) is 24.3 Å². The third kappa shape index (κ3) is 3.19.